The molecule has 1 aromatic carbocycles. The third-order valence-corrected chi connectivity index (χ3v) is 5.33. The zero-order chi connectivity index (χ0) is 16.0. The summed E-state index contributed by atoms with van der Waals surface area (Å²) in [5.74, 6) is 0. The van der Waals surface area contributed by atoms with Gasteiger partial charge >= 0.3 is 0 Å². The molecule has 0 saturated heterocycles. The standard InChI is InChI=1S/C15H27N3O2S/c1-13-7-8-15(11-14(13)12-16-2)21(19,20)18(5)10-6-9-17(3)4/h7-8,11,16H,6,9-10,12H2,1-5H3. The molecule has 21 heavy (non-hydrogen) atoms. The van der Waals surface area contributed by atoms with Crippen molar-refractivity contribution in [3.05, 3.63) is 29.3 Å². The average molecular weight is 313 g/mol. The van der Waals surface area contributed by atoms with Gasteiger partial charge in [-0.15, -0.1) is 0 Å². The van der Waals surface area contributed by atoms with E-state index in [9.17, 15) is 8.42 Å². The fourth-order valence-corrected chi connectivity index (χ4v) is 3.36. The van der Waals surface area contributed by atoms with Crippen molar-refractivity contribution in [3.8, 4) is 0 Å². The normalized spacial score (nSPS) is 12.3. The molecule has 0 aliphatic carbocycles. The van der Waals surface area contributed by atoms with Crippen molar-refractivity contribution >= 4 is 10.0 Å². The summed E-state index contributed by atoms with van der Waals surface area (Å²) in [5.41, 5.74) is 2.11. The monoisotopic (exact) mass is 313 g/mol. The quantitative estimate of drug-likeness (QED) is 0.786. The number of hydrogen-bond donors (Lipinski definition) is 1. The van der Waals surface area contributed by atoms with Crippen LogP contribution in [0.15, 0.2) is 23.1 Å². The molecule has 120 valence electrons. The number of rotatable bonds is 8. The van der Waals surface area contributed by atoms with Crippen LogP contribution in [-0.2, 0) is 16.6 Å². The van der Waals surface area contributed by atoms with E-state index in [2.05, 4.69) is 10.2 Å². The summed E-state index contributed by atoms with van der Waals surface area (Å²) in [7, 11) is 4.06. The molecule has 0 saturated carbocycles. The molecule has 1 rings (SSSR count). The SMILES string of the molecule is CNCc1cc(S(=O)(=O)N(C)CCCN(C)C)ccc1C. The predicted molar refractivity (Wildman–Crippen MR) is 86.9 cm³/mol. The summed E-state index contributed by atoms with van der Waals surface area (Å²) in [4.78, 5) is 2.42. The lowest BCUT2D eigenvalue weighted by molar-refractivity contribution is 0.370. The Balaban J connectivity index is 2.89. The van der Waals surface area contributed by atoms with Gasteiger partial charge in [0.1, 0.15) is 0 Å². The minimum atomic E-state index is -3.41. The van der Waals surface area contributed by atoms with Crippen LogP contribution in [0.25, 0.3) is 0 Å². The van der Waals surface area contributed by atoms with Crippen molar-refractivity contribution in [2.45, 2.75) is 24.8 Å². The lowest BCUT2D eigenvalue weighted by Gasteiger charge is -2.19. The Hall–Kier alpha value is -0.950. The van der Waals surface area contributed by atoms with Gasteiger partial charge < -0.3 is 10.2 Å². The zero-order valence-electron chi connectivity index (χ0n) is 13.7. The Bertz CT molecular complexity index is 556. The van der Waals surface area contributed by atoms with Gasteiger partial charge in [-0.2, -0.15) is 0 Å². The van der Waals surface area contributed by atoms with Gasteiger partial charge in [0.05, 0.1) is 4.90 Å². The van der Waals surface area contributed by atoms with Crippen LogP contribution in [0.2, 0.25) is 0 Å². The van der Waals surface area contributed by atoms with Gasteiger partial charge in [0.2, 0.25) is 10.0 Å². The van der Waals surface area contributed by atoms with Gasteiger partial charge in [-0.3, -0.25) is 0 Å². The Morgan fingerprint density at radius 1 is 1.14 bits per heavy atom. The van der Waals surface area contributed by atoms with E-state index in [-0.39, 0.29) is 0 Å². The molecule has 0 bridgehead atoms. The number of nitrogens with zero attached hydrogens (tertiary/aromatic N) is 2. The van der Waals surface area contributed by atoms with Gasteiger partial charge in [0, 0.05) is 20.1 Å². The van der Waals surface area contributed by atoms with Crippen molar-refractivity contribution in [1.29, 1.82) is 0 Å². The first-order valence-electron chi connectivity index (χ1n) is 7.14. The Labute approximate surface area is 129 Å². The molecule has 6 heteroatoms. The minimum absolute atomic E-state index is 0.366. The highest BCUT2D eigenvalue weighted by atomic mass is 32.2. The van der Waals surface area contributed by atoms with E-state index in [0.29, 0.717) is 18.0 Å². The Morgan fingerprint density at radius 3 is 2.38 bits per heavy atom. The van der Waals surface area contributed by atoms with E-state index in [0.717, 1.165) is 24.1 Å². The van der Waals surface area contributed by atoms with E-state index in [1.807, 2.05) is 34.1 Å². The molecule has 0 amide bonds. The second-order valence-corrected chi connectivity index (χ2v) is 7.65. The first-order valence-corrected chi connectivity index (χ1v) is 8.58. The summed E-state index contributed by atoms with van der Waals surface area (Å²) in [6.45, 7) is 4.05. The molecule has 0 atom stereocenters. The maximum absolute atomic E-state index is 12.6. The van der Waals surface area contributed by atoms with Crippen LogP contribution in [0.5, 0.6) is 0 Å². The van der Waals surface area contributed by atoms with E-state index in [1.54, 1.807) is 19.2 Å². The van der Waals surface area contributed by atoms with Crippen molar-refractivity contribution in [2.75, 3.05) is 41.3 Å². The second kappa shape index (κ2) is 7.89. The lowest BCUT2D eigenvalue weighted by atomic mass is 10.1. The van der Waals surface area contributed by atoms with Crippen LogP contribution in [0.4, 0.5) is 0 Å². The lowest BCUT2D eigenvalue weighted by Crippen LogP contribution is -2.30. The Morgan fingerprint density at radius 2 is 1.81 bits per heavy atom. The fourth-order valence-electron chi connectivity index (χ4n) is 2.10. The number of aryl methyl sites for hydroxylation is 1. The van der Waals surface area contributed by atoms with E-state index >= 15 is 0 Å². The molecule has 0 unspecified atom stereocenters. The van der Waals surface area contributed by atoms with Crippen molar-refractivity contribution in [2.24, 2.45) is 0 Å². The van der Waals surface area contributed by atoms with Gasteiger partial charge in [-0.1, -0.05) is 6.07 Å². The smallest absolute Gasteiger partial charge is 0.242 e. The van der Waals surface area contributed by atoms with Gasteiger partial charge in [0.15, 0.2) is 0 Å². The maximum atomic E-state index is 12.6. The highest BCUT2D eigenvalue weighted by Crippen LogP contribution is 2.19. The molecule has 0 aromatic heterocycles. The topological polar surface area (TPSA) is 52.7 Å². The van der Waals surface area contributed by atoms with Gasteiger partial charge in [-0.05, 0) is 64.3 Å². The molecular formula is C15H27N3O2S. The van der Waals surface area contributed by atoms with Gasteiger partial charge in [-0.25, -0.2) is 12.7 Å². The van der Waals surface area contributed by atoms with Crippen molar-refractivity contribution in [3.63, 3.8) is 0 Å². The van der Waals surface area contributed by atoms with Crippen LogP contribution in [0.3, 0.4) is 0 Å². The van der Waals surface area contributed by atoms with Crippen LogP contribution in [0.1, 0.15) is 17.5 Å². The van der Waals surface area contributed by atoms with Crippen molar-refractivity contribution < 1.29 is 8.42 Å². The summed E-state index contributed by atoms with van der Waals surface area (Å²) >= 11 is 0. The van der Waals surface area contributed by atoms with E-state index < -0.39 is 10.0 Å². The third-order valence-electron chi connectivity index (χ3n) is 3.47. The van der Waals surface area contributed by atoms with Crippen LogP contribution < -0.4 is 5.32 Å². The second-order valence-electron chi connectivity index (χ2n) is 5.60. The van der Waals surface area contributed by atoms with Gasteiger partial charge in [0.25, 0.3) is 0 Å². The number of nitrogens with one attached hydrogen (secondary N) is 1. The largest absolute Gasteiger partial charge is 0.316 e. The van der Waals surface area contributed by atoms with Crippen LogP contribution in [-0.4, -0.2) is 58.9 Å². The molecule has 1 aromatic rings. The molecular weight excluding hydrogens is 286 g/mol. The molecule has 0 radical (unpaired) electrons. The molecule has 0 spiro atoms. The fraction of sp³-hybridized carbons (Fsp3) is 0.600. The highest BCUT2D eigenvalue weighted by molar-refractivity contribution is 7.89. The predicted octanol–water partition coefficient (Wildman–Crippen LogP) is 1.29. The first kappa shape index (κ1) is 18.1. The van der Waals surface area contributed by atoms with Crippen LogP contribution in [0, 0.1) is 6.92 Å². The summed E-state index contributed by atoms with van der Waals surface area (Å²) in [6, 6.07) is 5.32. The molecule has 0 heterocycles. The Kier molecular flexibility index (Phi) is 6.80. The van der Waals surface area contributed by atoms with E-state index in [1.165, 1.54) is 4.31 Å². The number of sulfonamides is 1. The average Bonchev–Trinajstić information content (AvgIpc) is 2.40. The maximum Gasteiger partial charge on any atom is 0.242 e. The highest BCUT2D eigenvalue weighted by Gasteiger charge is 2.21. The van der Waals surface area contributed by atoms with E-state index in [4.69, 9.17) is 0 Å². The number of hydrogen-bond acceptors (Lipinski definition) is 4. The summed E-state index contributed by atoms with van der Waals surface area (Å²) in [6.07, 6.45) is 0.817. The third kappa shape index (κ3) is 5.07. The van der Waals surface area contributed by atoms with Crippen LogP contribution >= 0.6 is 0 Å². The molecule has 1 N–H and O–H groups in total. The molecule has 0 aliphatic rings. The molecule has 5 nitrogen and oxygen atoms in total. The minimum Gasteiger partial charge on any atom is -0.316 e. The number of benzene rings is 1. The van der Waals surface area contributed by atoms with Crippen molar-refractivity contribution in [1.82, 2.24) is 14.5 Å². The summed E-state index contributed by atoms with van der Waals surface area (Å²) in [5, 5.41) is 3.07. The molecule has 0 aliphatic heterocycles. The zero-order valence-corrected chi connectivity index (χ0v) is 14.5. The summed E-state index contributed by atoms with van der Waals surface area (Å²) < 4.78 is 26.6. The molecule has 0 fully saturated rings. The first-order chi connectivity index (χ1) is 9.78.